The van der Waals surface area contributed by atoms with Crippen LogP contribution in [0.5, 0.6) is 0 Å². The van der Waals surface area contributed by atoms with Crippen molar-refractivity contribution in [3.8, 4) is 0 Å². The number of aromatic nitrogens is 3. The Labute approximate surface area is 142 Å². The quantitative estimate of drug-likeness (QED) is 0.933. The molecule has 0 radical (unpaired) electrons. The Bertz CT molecular complexity index is 648. The minimum absolute atomic E-state index is 0.543. The maximum Gasteiger partial charge on any atom is 0.224 e. The van der Waals surface area contributed by atoms with E-state index in [1.54, 1.807) is 0 Å². The fourth-order valence-electron chi connectivity index (χ4n) is 3.55. The Kier molecular flexibility index (Phi) is 4.44. The summed E-state index contributed by atoms with van der Waals surface area (Å²) in [5, 5.41) is 3.49. The van der Waals surface area contributed by atoms with E-state index in [1.165, 1.54) is 25.7 Å². The highest BCUT2D eigenvalue weighted by atomic mass is 15.3. The maximum absolute atomic E-state index is 4.73. The van der Waals surface area contributed by atoms with Crippen molar-refractivity contribution >= 4 is 17.6 Å². The zero-order chi connectivity index (χ0) is 16.2. The normalized spacial score (nSPS) is 18.8. The molecule has 0 aromatic carbocycles. The van der Waals surface area contributed by atoms with E-state index < -0.39 is 0 Å². The summed E-state index contributed by atoms with van der Waals surface area (Å²) in [5.41, 5.74) is 0. The molecule has 1 saturated carbocycles. The summed E-state index contributed by atoms with van der Waals surface area (Å²) in [7, 11) is 0. The van der Waals surface area contributed by atoms with Crippen LogP contribution in [0.25, 0.3) is 0 Å². The molecule has 4 rings (SSSR count). The summed E-state index contributed by atoms with van der Waals surface area (Å²) in [6, 6.07) is 8.63. The maximum atomic E-state index is 4.73. The molecule has 0 unspecified atom stereocenters. The summed E-state index contributed by atoms with van der Waals surface area (Å²) < 4.78 is 0. The lowest BCUT2D eigenvalue weighted by Crippen LogP contribution is -2.47. The van der Waals surface area contributed by atoms with Crippen molar-refractivity contribution in [1.29, 1.82) is 0 Å². The van der Waals surface area contributed by atoms with Crippen LogP contribution in [0.1, 0.15) is 25.7 Å². The average Bonchev–Trinajstić information content (AvgIpc) is 3.16. The minimum atomic E-state index is 0.543. The van der Waals surface area contributed by atoms with Crippen molar-refractivity contribution in [2.24, 2.45) is 0 Å². The molecular weight excluding hydrogens is 300 g/mol. The number of anilines is 3. The number of hydrogen-bond acceptors (Lipinski definition) is 6. The summed E-state index contributed by atoms with van der Waals surface area (Å²) in [4.78, 5) is 18.2. The molecule has 6 nitrogen and oxygen atoms in total. The summed E-state index contributed by atoms with van der Waals surface area (Å²) in [6.45, 7) is 3.84. The number of nitrogens with one attached hydrogen (secondary N) is 1. The fraction of sp³-hybridized carbons (Fsp3) is 0.500. The van der Waals surface area contributed by atoms with Crippen LogP contribution in [-0.2, 0) is 0 Å². The van der Waals surface area contributed by atoms with Crippen LogP contribution in [0.3, 0.4) is 0 Å². The lowest BCUT2D eigenvalue weighted by atomic mass is 10.2. The first kappa shape index (κ1) is 15.2. The van der Waals surface area contributed by atoms with Gasteiger partial charge in [-0.15, -0.1) is 0 Å². The van der Waals surface area contributed by atoms with Crippen LogP contribution >= 0.6 is 0 Å². The van der Waals surface area contributed by atoms with Crippen LogP contribution in [0.15, 0.2) is 36.7 Å². The van der Waals surface area contributed by atoms with Gasteiger partial charge < -0.3 is 15.1 Å². The van der Waals surface area contributed by atoms with Crippen molar-refractivity contribution in [1.82, 2.24) is 15.0 Å². The van der Waals surface area contributed by atoms with Gasteiger partial charge >= 0.3 is 0 Å². The van der Waals surface area contributed by atoms with Gasteiger partial charge in [0.05, 0.1) is 0 Å². The van der Waals surface area contributed by atoms with Crippen molar-refractivity contribution in [2.45, 2.75) is 31.7 Å². The molecular formula is C18H24N6. The van der Waals surface area contributed by atoms with Crippen LogP contribution < -0.4 is 15.1 Å². The Morgan fingerprint density at radius 3 is 2.29 bits per heavy atom. The molecule has 3 heterocycles. The molecule has 6 heteroatoms. The Morgan fingerprint density at radius 1 is 0.833 bits per heavy atom. The largest absolute Gasteiger partial charge is 0.353 e. The lowest BCUT2D eigenvalue weighted by Gasteiger charge is -2.36. The smallest absolute Gasteiger partial charge is 0.224 e. The van der Waals surface area contributed by atoms with Gasteiger partial charge in [-0.3, -0.25) is 0 Å². The van der Waals surface area contributed by atoms with Crippen LogP contribution in [0.2, 0.25) is 0 Å². The van der Waals surface area contributed by atoms with Crippen molar-refractivity contribution in [3.63, 3.8) is 0 Å². The topological polar surface area (TPSA) is 57.2 Å². The van der Waals surface area contributed by atoms with Crippen LogP contribution in [0.4, 0.5) is 17.6 Å². The molecule has 24 heavy (non-hydrogen) atoms. The zero-order valence-corrected chi connectivity index (χ0v) is 13.9. The number of pyridine rings is 1. The SMILES string of the molecule is c1ccc(N2CCN(c3ccnc(NC4CCCC4)n3)CC2)nc1. The molecule has 1 aliphatic heterocycles. The highest BCUT2D eigenvalue weighted by molar-refractivity contribution is 5.46. The average molecular weight is 324 g/mol. The predicted molar refractivity (Wildman–Crippen MR) is 96.6 cm³/mol. The Balaban J connectivity index is 1.38. The van der Waals surface area contributed by atoms with Gasteiger partial charge in [-0.25, -0.2) is 9.97 Å². The molecule has 2 aromatic heterocycles. The highest BCUT2D eigenvalue weighted by Crippen LogP contribution is 2.22. The predicted octanol–water partition coefficient (Wildman–Crippen LogP) is 2.55. The third-order valence-corrected chi connectivity index (χ3v) is 4.91. The van der Waals surface area contributed by atoms with E-state index in [2.05, 4.69) is 31.2 Å². The molecule has 0 spiro atoms. The molecule has 2 fully saturated rings. The van der Waals surface area contributed by atoms with Crippen LogP contribution in [0, 0.1) is 0 Å². The second kappa shape index (κ2) is 7.03. The molecule has 2 aromatic rings. The molecule has 126 valence electrons. The Morgan fingerprint density at radius 2 is 1.58 bits per heavy atom. The van der Waals surface area contributed by atoms with Gasteiger partial charge in [0.2, 0.25) is 5.95 Å². The van der Waals surface area contributed by atoms with E-state index in [0.29, 0.717) is 6.04 Å². The molecule has 1 N–H and O–H groups in total. The van der Waals surface area contributed by atoms with E-state index in [4.69, 9.17) is 4.98 Å². The number of nitrogens with zero attached hydrogens (tertiary/aromatic N) is 5. The first-order valence-corrected chi connectivity index (χ1v) is 8.89. The van der Waals surface area contributed by atoms with Crippen LogP contribution in [-0.4, -0.2) is 47.2 Å². The zero-order valence-electron chi connectivity index (χ0n) is 13.9. The monoisotopic (exact) mass is 324 g/mol. The third kappa shape index (κ3) is 3.42. The number of rotatable bonds is 4. The third-order valence-electron chi connectivity index (χ3n) is 4.91. The second-order valence-electron chi connectivity index (χ2n) is 6.53. The first-order chi connectivity index (χ1) is 11.9. The number of piperazine rings is 1. The summed E-state index contributed by atoms with van der Waals surface area (Å²) >= 11 is 0. The molecule has 2 aliphatic rings. The van der Waals surface area contributed by atoms with E-state index in [1.807, 2.05) is 30.6 Å². The van der Waals surface area contributed by atoms with Gasteiger partial charge in [0.25, 0.3) is 0 Å². The molecule has 0 atom stereocenters. The van der Waals surface area contributed by atoms with E-state index in [9.17, 15) is 0 Å². The van der Waals surface area contributed by atoms with E-state index in [-0.39, 0.29) is 0 Å². The van der Waals surface area contributed by atoms with Gasteiger partial charge in [-0.2, -0.15) is 4.98 Å². The van der Waals surface area contributed by atoms with Gasteiger partial charge in [0.1, 0.15) is 11.6 Å². The highest BCUT2D eigenvalue weighted by Gasteiger charge is 2.20. The summed E-state index contributed by atoms with van der Waals surface area (Å²) in [5.74, 6) is 2.85. The van der Waals surface area contributed by atoms with Crippen molar-refractivity contribution in [3.05, 3.63) is 36.7 Å². The van der Waals surface area contributed by atoms with Gasteiger partial charge in [-0.05, 0) is 31.0 Å². The second-order valence-corrected chi connectivity index (χ2v) is 6.53. The standard InChI is InChI=1S/C18H24N6/c1-2-6-15(5-1)21-18-20-10-8-17(22-18)24-13-11-23(12-14-24)16-7-3-4-9-19-16/h3-4,7-10,15H,1-2,5-6,11-14H2,(H,20,21,22). The van der Waals surface area contributed by atoms with Gasteiger partial charge in [-0.1, -0.05) is 18.9 Å². The molecule has 1 saturated heterocycles. The van der Waals surface area contributed by atoms with E-state index in [0.717, 1.165) is 43.8 Å². The molecule has 0 bridgehead atoms. The lowest BCUT2D eigenvalue weighted by molar-refractivity contribution is 0.640. The Hall–Kier alpha value is -2.37. The van der Waals surface area contributed by atoms with Crippen molar-refractivity contribution < 1.29 is 0 Å². The summed E-state index contributed by atoms with van der Waals surface area (Å²) in [6.07, 6.45) is 8.81. The molecule has 1 aliphatic carbocycles. The fourth-order valence-corrected chi connectivity index (χ4v) is 3.55. The van der Waals surface area contributed by atoms with E-state index >= 15 is 0 Å². The van der Waals surface area contributed by atoms with Gasteiger partial charge in [0.15, 0.2) is 0 Å². The molecule has 0 amide bonds. The number of hydrogen-bond donors (Lipinski definition) is 1. The minimum Gasteiger partial charge on any atom is -0.353 e. The first-order valence-electron chi connectivity index (χ1n) is 8.89. The van der Waals surface area contributed by atoms with Gasteiger partial charge in [0, 0.05) is 44.6 Å². The van der Waals surface area contributed by atoms with Crippen molar-refractivity contribution in [2.75, 3.05) is 41.3 Å².